The van der Waals surface area contributed by atoms with E-state index in [0.717, 1.165) is 13.1 Å². The Hall–Kier alpha value is -0.650. The third kappa shape index (κ3) is 3.40. The fourth-order valence-corrected chi connectivity index (χ4v) is 2.59. The molecule has 0 aromatic rings. The highest BCUT2D eigenvalue weighted by atomic mass is 16.5. The summed E-state index contributed by atoms with van der Waals surface area (Å²) in [5.41, 5.74) is 5.68. The van der Waals surface area contributed by atoms with E-state index < -0.39 is 0 Å². The smallest absolute Gasteiger partial charge is 0.248 e. The third-order valence-corrected chi connectivity index (χ3v) is 3.67. The number of hydrogen-bond acceptors (Lipinski definition) is 4. The van der Waals surface area contributed by atoms with E-state index in [1.165, 1.54) is 32.4 Å². The average Bonchev–Trinajstić information content (AvgIpc) is 2.38. The van der Waals surface area contributed by atoms with Gasteiger partial charge < -0.3 is 20.3 Å². The average molecular weight is 241 g/mol. The van der Waals surface area contributed by atoms with Crippen LogP contribution in [0.2, 0.25) is 0 Å². The summed E-state index contributed by atoms with van der Waals surface area (Å²) in [6.07, 6.45) is 3.92. The van der Waals surface area contributed by atoms with Crippen molar-refractivity contribution in [3.63, 3.8) is 0 Å². The summed E-state index contributed by atoms with van der Waals surface area (Å²) in [6, 6.07) is 0.0704. The van der Waals surface area contributed by atoms with Crippen LogP contribution in [0.15, 0.2) is 0 Å². The van der Waals surface area contributed by atoms with Gasteiger partial charge in [-0.15, -0.1) is 0 Å². The molecule has 0 radical (unpaired) electrons. The molecule has 2 aliphatic rings. The summed E-state index contributed by atoms with van der Waals surface area (Å²) in [6.45, 7) is 5.41. The van der Waals surface area contributed by atoms with Crippen LogP contribution in [0.3, 0.4) is 0 Å². The molecule has 0 bridgehead atoms. The van der Waals surface area contributed by atoms with Crippen molar-refractivity contribution in [2.45, 2.75) is 25.3 Å². The second kappa shape index (κ2) is 6.33. The number of nitrogens with two attached hydrogens (primary N) is 1. The van der Waals surface area contributed by atoms with Crippen LogP contribution in [0.25, 0.3) is 0 Å². The van der Waals surface area contributed by atoms with Gasteiger partial charge in [-0.3, -0.25) is 4.79 Å². The minimum Gasteiger partial charge on any atom is -0.369 e. The molecular weight excluding hydrogens is 218 g/mol. The molecule has 2 heterocycles. The molecule has 2 aliphatic heterocycles. The van der Waals surface area contributed by atoms with E-state index in [0.29, 0.717) is 13.2 Å². The molecule has 0 spiro atoms. The summed E-state index contributed by atoms with van der Waals surface area (Å²) in [7, 11) is 0. The first-order valence-corrected chi connectivity index (χ1v) is 6.61. The van der Waals surface area contributed by atoms with E-state index in [2.05, 4.69) is 4.90 Å². The Morgan fingerprint density at radius 2 is 2.00 bits per heavy atom. The van der Waals surface area contributed by atoms with Crippen molar-refractivity contribution in [3.8, 4) is 0 Å². The van der Waals surface area contributed by atoms with Gasteiger partial charge in [-0.25, -0.2) is 0 Å². The molecule has 17 heavy (non-hydrogen) atoms. The van der Waals surface area contributed by atoms with Gasteiger partial charge in [0, 0.05) is 19.6 Å². The Morgan fingerprint density at radius 3 is 2.71 bits per heavy atom. The Morgan fingerprint density at radius 1 is 1.24 bits per heavy atom. The second-order valence-corrected chi connectivity index (χ2v) is 4.89. The molecule has 2 fully saturated rings. The molecule has 1 atom stereocenters. The SMILES string of the molecule is NCC1COCC(=O)N1CCN1CCCCC1. The van der Waals surface area contributed by atoms with E-state index >= 15 is 0 Å². The van der Waals surface area contributed by atoms with E-state index in [1.807, 2.05) is 4.90 Å². The third-order valence-electron chi connectivity index (χ3n) is 3.67. The summed E-state index contributed by atoms with van der Waals surface area (Å²) >= 11 is 0. The maximum atomic E-state index is 11.8. The van der Waals surface area contributed by atoms with Crippen LogP contribution in [0.1, 0.15) is 19.3 Å². The number of rotatable bonds is 4. The second-order valence-electron chi connectivity index (χ2n) is 4.89. The molecular formula is C12H23N3O2. The predicted molar refractivity (Wildman–Crippen MR) is 65.7 cm³/mol. The van der Waals surface area contributed by atoms with Crippen LogP contribution in [0.5, 0.6) is 0 Å². The minimum absolute atomic E-state index is 0.0704. The van der Waals surface area contributed by atoms with Crippen molar-refractivity contribution in [2.24, 2.45) is 5.73 Å². The van der Waals surface area contributed by atoms with Gasteiger partial charge in [-0.05, 0) is 25.9 Å². The molecule has 2 rings (SSSR count). The van der Waals surface area contributed by atoms with Gasteiger partial charge >= 0.3 is 0 Å². The summed E-state index contributed by atoms with van der Waals surface area (Å²) < 4.78 is 5.22. The van der Waals surface area contributed by atoms with Crippen molar-refractivity contribution in [1.82, 2.24) is 9.80 Å². The maximum Gasteiger partial charge on any atom is 0.248 e. The van der Waals surface area contributed by atoms with Gasteiger partial charge in [0.2, 0.25) is 5.91 Å². The molecule has 2 saturated heterocycles. The molecule has 1 amide bonds. The number of carbonyl (C=O) groups is 1. The zero-order valence-electron chi connectivity index (χ0n) is 10.4. The topological polar surface area (TPSA) is 58.8 Å². The summed E-state index contributed by atoms with van der Waals surface area (Å²) in [5, 5.41) is 0. The molecule has 0 saturated carbocycles. The molecule has 1 unspecified atom stereocenters. The van der Waals surface area contributed by atoms with Crippen LogP contribution in [0, 0.1) is 0 Å². The lowest BCUT2D eigenvalue weighted by Crippen LogP contribution is -2.54. The molecule has 98 valence electrons. The number of carbonyl (C=O) groups excluding carboxylic acids is 1. The Kier molecular flexibility index (Phi) is 4.76. The molecule has 2 N–H and O–H groups in total. The fraction of sp³-hybridized carbons (Fsp3) is 0.917. The first-order chi connectivity index (χ1) is 8.31. The lowest BCUT2D eigenvalue weighted by atomic mass is 10.1. The van der Waals surface area contributed by atoms with Gasteiger partial charge in [0.15, 0.2) is 0 Å². The summed E-state index contributed by atoms with van der Waals surface area (Å²) in [4.78, 5) is 16.1. The monoisotopic (exact) mass is 241 g/mol. The highest BCUT2D eigenvalue weighted by Gasteiger charge is 2.27. The number of morpholine rings is 1. The Bertz CT molecular complexity index is 254. The molecule has 5 nitrogen and oxygen atoms in total. The van der Waals surface area contributed by atoms with Gasteiger partial charge in [0.1, 0.15) is 6.61 Å². The molecule has 5 heteroatoms. The number of piperidine rings is 1. The van der Waals surface area contributed by atoms with Crippen molar-refractivity contribution in [2.75, 3.05) is 45.9 Å². The normalized spacial score (nSPS) is 27.5. The van der Waals surface area contributed by atoms with E-state index in [-0.39, 0.29) is 18.6 Å². The fourth-order valence-electron chi connectivity index (χ4n) is 2.59. The maximum absolute atomic E-state index is 11.8. The Balaban J connectivity index is 1.80. The largest absolute Gasteiger partial charge is 0.369 e. The first-order valence-electron chi connectivity index (χ1n) is 6.61. The first kappa shape index (κ1) is 12.8. The van der Waals surface area contributed by atoms with Crippen LogP contribution in [-0.2, 0) is 9.53 Å². The van der Waals surface area contributed by atoms with Gasteiger partial charge in [0.25, 0.3) is 0 Å². The van der Waals surface area contributed by atoms with E-state index in [4.69, 9.17) is 10.5 Å². The van der Waals surface area contributed by atoms with Crippen LogP contribution in [0.4, 0.5) is 0 Å². The summed E-state index contributed by atoms with van der Waals surface area (Å²) in [5.74, 6) is 0.0868. The van der Waals surface area contributed by atoms with Gasteiger partial charge in [-0.1, -0.05) is 6.42 Å². The standard InChI is InChI=1S/C12H23N3O2/c13-8-11-9-17-10-12(16)15(11)7-6-14-4-2-1-3-5-14/h11H,1-10,13H2. The minimum atomic E-state index is 0.0704. The highest BCUT2D eigenvalue weighted by Crippen LogP contribution is 2.11. The number of likely N-dealkylation sites (tertiary alicyclic amines) is 1. The van der Waals surface area contributed by atoms with E-state index in [9.17, 15) is 4.79 Å². The predicted octanol–water partition coefficient (Wildman–Crippen LogP) is -0.342. The van der Waals surface area contributed by atoms with Gasteiger partial charge in [-0.2, -0.15) is 0 Å². The molecule has 0 aromatic carbocycles. The zero-order valence-corrected chi connectivity index (χ0v) is 10.4. The van der Waals surface area contributed by atoms with Crippen LogP contribution >= 0.6 is 0 Å². The van der Waals surface area contributed by atoms with Crippen molar-refractivity contribution >= 4 is 5.91 Å². The lowest BCUT2D eigenvalue weighted by Gasteiger charge is -2.37. The molecule has 0 aromatic heterocycles. The van der Waals surface area contributed by atoms with Crippen molar-refractivity contribution in [3.05, 3.63) is 0 Å². The Labute approximate surface area is 103 Å². The number of nitrogens with zero attached hydrogens (tertiary/aromatic N) is 2. The number of amides is 1. The lowest BCUT2D eigenvalue weighted by molar-refractivity contribution is -0.147. The quantitative estimate of drug-likeness (QED) is 0.731. The van der Waals surface area contributed by atoms with Gasteiger partial charge in [0.05, 0.1) is 12.6 Å². The number of hydrogen-bond donors (Lipinski definition) is 1. The van der Waals surface area contributed by atoms with Crippen molar-refractivity contribution < 1.29 is 9.53 Å². The zero-order chi connectivity index (χ0) is 12.1. The van der Waals surface area contributed by atoms with Crippen LogP contribution in [-0.4, -0.2) is 67.7 Å². The highest BCUT2D eigenvalue weighted by molar-refractivity contribution is 5.78. The van der Waals surface area contributed by atoms with E-state index in [1.54, 1.807) is 0 Å². The number of ether oxygens (including phenoxy) is 1. The molecule has 0 aliphatic carbocycles. The van der Waals surface area contributed by atoms with Crippen molar-refractivity contribution in [1.29, 1.82) is 0 Å². The van der Waals surface area contributed by atoms with Crippen LogP contribution < -0.4 is 5.73 Å².